The Morgan fingerprint density at radius 3 is 2.68 bits per heavy atom. The van der Waals surface area contributed by atoms with Crippen molar-refractivity contribution in [2.45, 2.75) is 49.8 Å². The molecule has 4 rings (SSSR count). The number of piperidine rings is 1. The molecule has 168 valence electrons. The number of rotatable bonds is 6. The van der Waals surface area contributed by atoms with Crippen molar-refractivity contribution in [2.75, 3.05) is 18.4 Å². The van der Waals surface area contributed by atoms with Gasteiger partial charge < -0.3 is 15.1 Å². The Balaban J connectivity index is 0.00000193. The zero-order valence-corrected chi connectivity index (χ0v) is 18.6. The van der Waals surface area contributed by atoms with E-state index in [0.717, 1.165) is 31.5 Å². The number of sulfone groups is 1. The predicted octanol–water partition coefficient (Wildman–Crippen LogP) is 3.34. The summed E-state index contributed by atoms with van der Waals surface area (Å²) in [7, 11) is -3.32. The molecule has 3 heterocycles. The van der Waals surface area contributed by atoms with Gasteiger partial charge in [0.05, 0.1) is 27.7 Å². The molecule has 1 aromatic carbocycles. The third-order valence-corrected chi connectivity index (χ3v) is 7.48. The van der Waals surface area contributed by atoms with Gasteiger partial charge >= 0.3 is 6.01 Å². The summed E-state index contributed by atoms with van der Waals surface area (Å²) >= 11 is 0. The van der Waals surface area contributed by atoms with Gasteiger partial charge in [0.25, 0.3) is 5.89 Å². The zero-order valence-electron chi connectivity index (χ0n) is 17.8. The molecule has 0 radical (unpaired) electrons. The van der Waals surface area contributed by atoms with Crippen LogP contribution in [0.4, 0.5) is 6.01 Å². The molecule has 31 heavy (non-hydrogen) atoms. The van der Waals surface area contributed by atoms with E-state index < -0.39 is 15.1 Å². The molecule has 9 nitrogen and oxygen atoms in total. The lowest BCUT2D eigenvalue weighted by Crippen LogP contribution is -2.38. The van der Waals surface area contributed by atoms with Gasteiger partial charge in [-0.1, -0.05) is 17.2 Å². The van der Waals surface area contributed by atoms with E-state index in [9.17, 15) is 8.42 Å². The summed E-state index contributed by atoms with van der Waals surface area (Å²) < 4.78 is 30.5. The molecule has 2 N–H and O–H groups in total. The summed E-state index contributed by atoms with van der Waals surface area (Å²) in [6, 6.07) is 7.27. The fraction of sp³-hybridized carbons (Fsp3) is 0.429. The third kappa shape index (κ3) is 4.59. The first kappa shape index (κ1) is 21.4. The number of anilines is 1. The number of hydrogen-bond donors (Lipinski definition) is 2. The van der Waals surface area contributed by atoms with E-state index in [-0.39, 0.29) is 19.7 Å². The Bertz CT molecular complexity index is 1160. The summed E-state index contributed by atoms with van der Waals surface area (Å²) in [5.41, 5.74) is 2.51. The Morgan fingerprint density at radius 1 is 1.23 bits per heavy atom. The van der Waals surface area contributed by atoms with Crippen LogP contribution in [-0.2, 0) is 9.84 Å². The average Bonchev–Trinajstić information content (AvgIpc) is 3.23. The molecule has 0 bridgehead atoms. The maximum Gasteiger partial charge on any atom is 0.316 e. The van der Waals surface area contributed by atoms with Crippen molar-refractivity contribution in [3.8, 4) is 22.8 Å². The lowest BCUT2D eigenvalue weighted by atomic mass is 10.1. The molecule has 10 heteroatoms. The lowest BCUT2D eigenvalue weighted by molar-refractivity contribution is 0.464. The summed E-state index contributed by atoms with van der Waals surface area (Å²) in [5, 5.41) is 14.3. The van der Waals surface area contributed by atoms with E-state index >= 15 is 0 Å². The Hall–Kier alpha value is -2.85. The van der Waals surface area contributed by atoms with Gasteiger partial charge in [-0.25, -0.2) is 13.4 Å². The van der Waals surface area contributed by atoms with Crippen molar-refractivity contribution in [1.29, 1.82) is 0 Å². The van der Waals surface area contributed by atoms with Gasteiger partial charge in [0.15, 0.2) is 9.84 Å². The van der Waals surface area contributed by atoms with Crippen LogP contribution in [0.3, 0.4) is 0 Å². The Morgan fingerprint density at radius 2 is 2.00 bits per heavy atom. The Labute approximate surface area is 184 Å². The van der Waals surface area contributed by atoms with Crippen LogP contribution in [0.15, 0.2) is 39.8 Å². The van der Waals surface area contributed by atoms with Gasteiger partial charge in [0.1, 0.15) is 5.69 Å². The molecule has 1 unspecified atom stereocenters. The first-order chi connectivity index (χ1) is 14.8. The SMILES string of the molecule is Cc1ncc(-c2ccc(S(=O)(=O)C(C)C)cc2)nc1-c1nnc(NC2CCCNC2)o1.[HH].[HH]. The second-order valence-corrected chi connectivity index (χ2v) is 10.4. The highest BCUT2D eigenvalue weighted by atomic mass is 32.2. The maximum atomic E-state index is 12.3. The molecule has 1 aliphatic rings. The van der Waals surface area contributed by atoms with Crippen molar-refractivity contribution >= 4 is 15.9 Å². The number of benzene rings is 1. The van der Waals surface area contributed by atoms with Gasteiger partial charge in [0.2, 0.25) is 0 Å². The van der Waals surface area contributed by atoms with Crippen molar-refractivity contribution in [3.63, 3.8) is 0 Å². The molecule has 1 saturated heterocycles. The van der Waals surface area contributed by atoms with Crippen molar-refractivity contribution in [1.82, 2.24) is 25.5 Å². The first-order valence-electron chi connectivity index (χ1n) is 10.3. The minimum atomic E-state index is -3.32. The van der Waals surface area contributed by atoms with E-state index in [2.05, 4.69) is 30.8 Å². The number of aromatic nitrogens is 4. The van der Waals surface area contributed by atoms with E-state index in [1.165, 1.54) is 0 Å². The quantitative estimate of drug-likeness (QED) is 0.587. The highest BCUT2D eigenvalue weighted by Gasteiger charge is 2.20. The zero-order chi connectivity index (χ0) is 22.0. The monoisotopic (exact) mass is 446 g/mol. The van der Waals surface area contributed by atoms with E-state index in [1.54, 1.807) is 44.3 Å². The van der Waals surface area contributed by atoms with Gasteiger partial charge in [-0.05, 0) is 52.3 Å². The van der Waals surface area contributed by atoms with E-state index in [4.69, 9.17) is 4.42 Å². The number of aryl methyl sites for hydroxylation is 1. The van der Waals surface area contributed by atoms with Crippen molar-refractivity contribution < 1.29 is 15.7 Å². The number of hydrogen-bond acceptors (Lipinski definition) is 9. The van der Waals surface area contributed by atoms with Crippen molar-refractivity contribution in [3.05, 3.63) is 36.2 Å². The van der Waals surface area contributed by atoms with Gasteiger partial charge in [-0.2, -0.15) is 0 Å². The highest BCUT2D eigenvalue weighted by molar-refractivity contribution is 7.92. The topological polar surface area (TPSA) is 123 Å². The van der Waals surface area contributed by atoms with Crippen LogP contribution in [0, 0.1) is 6.92 Å². The minimum Gasteiger partial charge on any atom is -0.402 e. The van der Waals surface area contributed by atoms with Crippen LogP contribution in [-0.4, -0.2) is 53.0 Å². The summed E-state index contributed by atoms with van der Waals surface area (Å²) in [5.74, 6) is 0.289. The van der Waals surface area contributed by atoms with Crippen LogP contribution in [0.25, 0.3) is 22.8 Å². The molecule has 2 aromatic heterocycles. The molecular weight excluding hydrogens is 416 g/mol. The highest BCUT2D eigenvalue weighted by Crippen LogP contribution is 2.26. The lowest BCUT2D eigenvalue weighted by Gasteiger charge is -2.22. The minimum absolute atomic E-state index is 0. The molecule has 1 aliphatic heterocycles. The van der Waals surface area contributed by atoms with E-state index in [0.29, 0.717) is 23.1 Å². The molecule has 1 fully saturated rings. The second-order valence-electron chi connectivity index (χ2n) is 7.91. The standard InChI is InChI=1S/C21H26N6O3S.2H2/c1-13(2)31(28,29)17-8-6-15(7-9-17)18-12-23-14(3)19(25-18)20-26-27-21(30-20)24-16-5-4-10-22-11-16;;/h6-9,12-13,16,22H,4-5,10-11H2,1-3H3,(H,24,27);2*1H. The molecule has 0 aliphatic carbocycles. The second kappa shape index (κ2) is 8.72. The summed E-state index contributed by atoms with van der Waals surface area (Å²) in [6.45, 7) is 7.04. The molecular formula is C21H30N6O3S. The van der Waals surface area contributed by atoms with Crippen LogP contribution in [0.1, 0.15) is 35.2 Å². The van der Waals surface area contributed by atoms with Crippen LogP contribution in [0.5, 0.6) is 0 Å². The van der Waals surface area contributed by atoms with E-state index in [1.807, 2.05) is 6.92 Å². The summed E-state index contributed by atoms with van der Waals surface area (Å²) in [4.78, 5) is 9.36. The maximum absolute atomic E-state index is 12.3. The van der Waals surface area contributed by atoms with Crippen LogP contribution >= 0.6 is 0 Å². The predicted molar refractivity (Wildman–Crippen MR) is 122 cm³/mol. The first-order valence-corrected chi connectivity index (χ1v) is 11.9. The largest absolute Gasteiger partial charge is 0.402 e. The van der Waals surface area contributed by atoms with Gasteiger partial charge in [-0.15, -0.1) is 5.10 Å². The number of nitrogens with one attached hydrogen (secondary N) is 2. The number of nitrogens with zero attached hydrogens (tertiary/aromatic N) is 4. The molecule has 0 spiro atoms. The summed E-state index contributed by atoms with van der Waals surface area (Å²) in [6.07, 6.45) is 3.79. The Kier molecular flexibility index (Phi) is 6.01. The molecule has 3 aromatic rings. The molecule has 0 amide bonds. The average molecular weight is 447 g/mol. The fourth-order valence-corrected chi connectivity index (χ4v) is 4.47. The fourth-order valence-electron chi connectivity index (χ4n) is 3.41. The van der Waals surface area contributed by atoms with Gasteiger partial charge in [0, 0.05) is 21.0 Å². The molecule has 1 atom stereocenters. The van der Waals surface area contributed by atoms with Gasteiger partial charge in [-0.3, -0.25) is 4.98 Å². The van der Waals surface area contributed by atoms with Crippen LogP contribution in [0.2, 0.25) is 0 Å². The normalized spacial score (nSPS) is 17.1. The van der Waals surface area contributed by atoms with Crippen LogP contribution < -0.4 is 10.6 Å². The smallest absolute Gasteiger partial charge is 0.316 e. The van der Waals surface area contributed by atoms with Crippen molar-refractivity contribution in [2.24, 2.45) is 0 Å². The molecule has 0 saturated carbocycles. The third-order valence-electron chi connectivity index (χ3n) is 5.31.